The number of rotatable bonds is 13. The van der Waals surface area contributed by atoms with Gasteiger partial charge < -0.3 is 20.1 Å². The molecule has 2 amide bonds. The number of hydrogen-bond acceptors (Lipinski definition) is 6. The van der Waals surface area contributed by atoms with Gasteiger partial charge in [-0.2, -0.15) is 0 Å². The molecule has 0 heterocycles. The first-order valence-electron chi connectivity index (χ1n) is 12.9. The topological polar surface area (TPSA) is 111 Å². The Labute approximate surface area is 228 Å². The van der Waals surface area contributed by atoms with Gasteiger partial charge in [0.15, 0.2) is 0 Å². The Morgan fingerprint density at radius 3 is 1.64 bits per heavy atom. The lowest BCUT2D eigenvalue weighted by atomic mass is 9.99. The summed E-state index contributed by atoms with van der Waals surface area (Å²) in [6.45, 7) is 3.79. The molecule has 204 valence electrons. The van der Waals surface area contributed by atoms with Crippen molar-refractivity contribution in [3.8, 4) is 0 Å². The van der Waals surface area contributed by atoms with Gasteiger partial charge in [-0.25, -0.2) is 9.59 Å². The molecule has 0 radical (unpaired) electrons. The summed E-state index contributed by atoms with van der Waals surface area (Å²) >= 11 is 0. The van der Waals surface area contributed by atoms with Crippen LogP contribution in [-0.4, -0.2) is 35.8 Å². The van der Waals surface area contributed by atoms with E-state index in [2.05, 4.69) is 10.6 Å². The minimum absolute atomic E-state index is 0.0467. The molecule has 3 aromatic carbocycles. The summed E-state index contributed by atoms with van der Waals surface area (Å²) in [5, 5.41) is 5.27. The maximum atomic E-state index is 13.3. The van der Waals surface area contributed by atoms with Crippen LogP contribution in [0.3, 0.4) is 0 Å². The van der Waals surface area contributed by atoms with Crippen LogP contribution in [0.25, 0.3) is 0 Å². The van der Waals surface area contributed by atoms with E-state index in [-0.39, 0.29) is 25.6 Å². The van der Waals surface area contributed by atoms with Crippen molar-refractivity contribution >= 4 is 23.8 Å². The van der Waals surface area contributed by atoms with Gasteiger partial charge in [0.1, 0.15) is 25.3 Å². The highest BCUT2D eigenvalue weighted by atomic mass is 16.5. The van der Waals surface area contributed by atoms with Gasteiger partial charge in [-0.3, -0.25) is 9.59 Å². The van der Waals surface area contributed by atoms with Gasteiger partial charge in [-0.05, 0) is 29.0 Å². The Morgan fingerprint density at radius 2 is 1.13 bits per heavy atom. The number of alkyl carbamates (subject to hydrolysis) is 1. The Hall–Kier alpha value is -4.46. The summed E-state index contributed by atoms with van der Waals surface area (Å²) in [7, 11) is 0. The molecule has 0 aliphatic heterocycles. The van der Waals surface area contributed by atoms with Crippen molar-refractivity contribution in [1.82, 2.24) is 10.6 Å². The Bertz CT molecular complexity index is 1220. The van der Waals surface area contributed by atoms with Gasteiger partial charge in [0.2, 0.25) is 5.91 Å². The third-order valence-corrected chi connectivity index (χ3v) is 5.86. The lowest BCUT2D eigenvalue weighted by Crippen LogP contribution is -2.54. The van der Waals surface area contributed by atoms with Crippen LogP contribution in [0.4, 0.5) is 4.79 Å². The largest absolute Gasteiger partial charge is 0.455 e. The first-order chi connectivity index (χ1) is 18.8. The molecule has 0 unspecified atom stereocenters. The van der Waals surface area contributed by atoms with E-state index >= 15 is 0 Å². The first-order valence-corrected chi connectivity index (χ1v) is 12.9. The molecule has 39 heavy (non-hydrogen) atoms. The van der Waals surface area contributed by atoms with Crippen LogP contribution < -0.4 is 10.6 Å². The zero-order valence-electron chi connectivity index (χ0n) is 22.2. The molecule has 2 atom stereocenters. The average molecular weight is 531 g/mol. The molecule has 0 spiro atoms. The highest BCUT2D eigenvalue weighted by Gasteiger charge is 2.32. The molecule has 0 aromatic heterocycles. The van der Waals surface area contributed by atoms with Crippen LogP contribution in [0.15, 0.2) is 91.0 Å². The summed E-state index contributed by atoms with van der Waals surface area (Å²) in [5.74, 6) is -2.46. The second kappa shape index (κ2) is 15.1. The van der Waals surface area contributed by atoms with Gasteiger partial charge in [-0.15, -0.1) is 0 Å². The number of carbonyl (C=O) groups is 4. The van der Waals surface area contributed by atoms with E-state index in [1.54, 1.807) is 48.5 Å². The standard InChI is InChI=1S/C31H34N2O6/c1-22(2)18-27(33-31(37)39-21-25-16-10-5-11-17-25)29(35)32-26(19-23-12-6-3-7-13-23)28(34)30(36)38-20-24-14-8-4-9-15-24/h3-17,22,26-27H,18-21H2,1-2H3,(H,32,35)(H,33,37)/t26-,27-/m0/s1. The van der Waals surface area contributed by atoms with Crippen LogP contribution in [0.5, 0.6) is 0 Å². The zero-order valence-corrected chi connectivity index (χ0v) is 22.2. The summed E-state index contributed by atoms with van der Waals surface area (Å²) in [6, 6.07) is 25.0. The van der Waals surface area contributed by atoms with Crippen molar-refractivity contribution in [2.75, 3.05) is 0 Å². The Morgan fingerprint density at radius 1 is 0.641 bits per heavy atom. The van der Waals surface area contributed by atoms with E-state index in [4.69, 9.17) is 9.47 Å². The minimum atomic E-state index is -1.18. The van der Waals surface area contributed by atoms with E-state index in [0.717, 1.165) is 16.7 Å². The molecule has 8 heteroatoms. The smallest absolute Gasteiger partial charge is 0.408 e. The van der Waals surface area contributed by atoms with Gasteiger partial charge >= 0.3 is 12.1 Å². The van der Waals surface area contributed by atoms with Crippen LogP contribution in [0.2, 0.25) is 0 Å². The molecule has 0 bridgehead atoms. The lowest BCUT2D eigenvalue weighted by molar-refractivity contribution is -0.156. The SMILES string of the molecule is CC(C)C[C@H](NC(=O)OCc1ccccc1)C(=O)N[C@@H](Cc1ccccc1)C(=O)C(=O)OCc1ccccc1. The van der Waals surface area contributed by atoms with E-state index in [1.807, 2.05) is 56.3 Å². The minimum Gasteiger partial charge on any atom is -0.455 e. The second-order valence-electron chi connectivity index (χ2n) is 9.57. The third-order valence-electron chi connectivity index (χ3n) is 5.86. The first kappa shape index (κ1) is 29.1. The Kier molecular flexibility index (Phi) is 11.2. The maximum Gasteiger partial charge on any atom is 0.408 e. The van der Waals surface area contributed by atoms with E-state index in [0.29, 0.717) is 6.42 Å². The molecule has 3 rings (SSSR count). The van der Waals surface area contributed by atoms with Crippen molar-refractivity contribution in [3.63, 3.8) is 0 Å². The van der Waals surface area contributed by atoms with E-state index < -0.39 is 35.8 Å². The number of ketones is 1. The maximum absolute atomic E-state index is 13.3. The highest BCUT2D eigenvalue weighted by Crippen LogP contribution is 2.10. The summed E-state index contributed by atoms with van der Waals surface area (Å²) < 4.78 is 10.5. The van der Waals surface area contributed by atoms with Crippen molar-refractivity contribution in [3.05, 3.63) is 108 Å². The number of benzene rings is 3. The van der Waals surface area contributed by atoms with Crippen LogP contribution in [0, 0.1) is 5.92 Å². The lowest BCUT2D eigenvalue weighted by Gasteiger charge is -2.23. The number of ether oxygens (including phenoxy) is 2. The highest BCUT2D eigenvalue weighted by molar-refractivity contribution is 6.36. The number of Topliss-reactive ketones (excluding diaryl/α,β-unsaturated/α-hetero) is 1. The molecule has 8 nitrogen and oxygen atoms in total. The predicted molar refractivity (Wildman–Crippen MR) is 146 cm³/mol. The van der Waals surface area contributed by atoms with Gasteiger partial charge in [-0.1, -0.05) is 105 Å². The average Bonchev–Trinajstić information content (AvgIpc) is 2.95. The van der Waals surface area contributed by atoms with Crippen molar-refractivity contribution in [2.45, 2.75) is 52.0 Å². The molecule has 0 aliphatic carbocycles. The molecule has 0 aliphatic rings. The predicted octanol–water partition coefficient (Wildman–Crippen LogP) is 4.37. The molecule has 0 saturated carbocycles. The van der Waals surface area contributed by atoms with Crippen molar-refractivity contribution in [1.29, 1.82) is 0 Å². The molecular formula is C31H34N2O6. The molecule has 3 aromatic rings. The molecular weight excluding hydrogens is 496 g/mol. The van der Waals surface area contributed by atoms with Gasteiger partial charge in [0.25, 0.3) is 5.78 Å². The quantitative estimate of drug-likeness (QED) is 0.251. The van der Waals surface area contributed by atoms with Crippen molar-refractivity contribution < 1.29 is 28.7 Å². The van der Waals surface area contributed by atoms with Gasteiger partial charge in [0, 0.05) is 6.42 Å². The number of hydrogen-bond donors (Lipinski definition) is 2. The fraction of sp³-hybridized carbons (Fsp3) is 0.290. The normalized spacial score (nSPS) is 12.2. The van der Waals surface area contributed by atoms with Crippen LogP contribution >= 0.6 is 0 Å². The number of nitrogens with one attached hydrogen (secondary N) is 2. The van der Waals surface area contributed by atoms with Crippen molar-refractivity contribution in [2.24, 2.45) is 5.92 Å². The van der Waals surface area contributed by atoms with Crippen LogP contribution in [-0.2, 0) is 43.5 Å². The second-order valence-corrected chi connectivity index (χ2v) is 9.57. The summed E-state index contributed by atoms with van der Waals surface area (Å²) in [6.07, 6.45) is -0.372. The van der Waals surface area contributed by atoms with E-state index in [1.165, 1.54) is 0 Å². The monoisotopic (exact) mass is 530 g/mol. The van der Waals surface area contributed by atoms with Crippen LogP contribution in [0.1, 0.15) is 37.0 Å². The number of carbonyl (C=O) groups excluding carboxylic acids is 4. The molecule has 0 saturated heterocycles. The summed E-state index contributed by atoms with van der Waals surface area (Å²) in [4.78, 5) is 51.6. The number of amides is 2. The molecule has 0 fully saturated rings. The fourth-order valence-corrected chi connectivity index (χ4v) is 3.88. The molecule has 2 N–H and O–H groups in total. The number of esters is 1. The fourth-order valence-electron chi connectivity index (χ4n) is 3.88. The summed E-state index contributed by atoms with van der Waals surface area (Å²) in [5.41, 5.74) is 2.29. The third kappa shape index (κ3) is 10.1. The zero-order chi connectivity index (χ0) is 28.0. The van der Waals surface area contributed by atoms with E-state index in [9.17, 15) is 19.2 Å². The Balaban J connectivity index is 1.68. The van der Waals surface area contributed by atoms with Gasteiger partial charge in [0.05, 0.1) is 0 Å².